The van der Waals surface area contributed by atoms with E-state index in [4.69, 9.17) is 16.3 Å². The van der Waals surface area contributed by atoms with Gasteiger partial charge in [0.15, 0.2) is 0 Å². The molecule has 21 heavy (non-hydrogen) atoms. The predicted octanol–water partition coefficient (Wildman–Crippen LogP) is 4.35. The van der Waals surface area contributed by atoms with E-state index in [1.165, 1.54) is 5.06 Å². The summed E-state index contributed by atoms with van der Waals surface area (Å²) >= 11 is 5.79. The summed E-state index contributed by atoms with van der Waals surface area (Å²) in [4.78, 5) is 0. The molecule has 0 aliphatic carbocycles. The lowest BCUT2D eigenvalue weighted by Gasteiger charge is -2.51. The van der Waals surface area contributed by atoms with Crippen molar-refractivity contribution in [3.8, 4) is 0 Å². The number of rotatable bonds is 4. The van der Waals surface area contributed by atoms with Crippen molar-refractivity contribution in [3.63, 3.8) is 0 Å². The lowest BCUT2D eigenvalue weighted by molar-refractivity contribution is -0.262. The Labute approximate surface area is 132 Å². The van der Waals surface area contributed by atoms with Crippen LogP contribution in [0.2, 0.25) is 0 Å². The van der Waals surface area contributed by atoms with E-state index in [0.29, 0.717) is 12.5 Å². The Morgan fingerprint density at radius 1 is 1.10 bits per heavy atom. The molecule has 0 bridgehead atoms. The van der Waals surface area contributed by atoms with Crippen LogP contribution < -0.4 is 0 Å². The second-order valence-electron chi connectivity index (χ2n) is 7.23. The monoisotopic (exact) mass is 311 g/mol. The van der Waals surface area contributed by atoms with E-state index in [0.717, 1.165) is 24.0 Å². The first-order valence-electron chi connectivity index (χ1n) is 7.49. The summed E-state index contributed by atoms with van der Waals surface area (Å²) in [6.07, 6.45) is 1.81. The van der Waals surface area contributed by atoms with E-state index in [2.05, 4.69) is 39.8 Å². The number of nitrogens with zero attached hydrogens (tertiary/aromatic N) is 1. The van der Waals surface area contributed by atoms with E-state index < -0.39 is 0 Å². The SMILES string of the molecule is CC1(C)CC(OCc2ccc(CCl)cc2)CC(C)(C)N1O. The fraction of sp³-hybridized carbons (Fsp3) is 0.647. The third-order valence-corrected chi connectivity index (χ3v) is 4.57. The first-order chi connectivity index (χ1) is 9.74. The highest BCUT2D eigenvalue weighted by molar-refractivity contribution is 6.17. The van der Waals surface area contributed by atoms with Crippen LogP contribution in [0.3, 0.4) is 0 Å². The van der Waals surface area contributed by atoms with E-state index in [9.17, 15) is 5.21 Å². The lowest BCUT2D eigenvalue weighted by atomic mass is 9.80. The molecule has 0 saturated carbocycles. The fourth-order valence-electron chi connectivity index (χ4n) is 3.24. The smallest absolute Gasteiger partial charge is 0.0720 e. The van der Waals surface area contributed by atoms with Gasteiger partial charge in [0.25, 0.3) is 0 Å². The number of alkyl halides is 1. The highest BCUT2D eigenvalue weighted by Crippen LogP contribution is 2.38. The summed E-state index contributed by atoms with van der Waals surface area (Å²) < 4.78 is 6.09. The van der Waals surface area contributed by atoms with Crippen LogP contribution in [0.25, 0.3) is 0 Å². The molecule has 0 atom stereocenters. The quantitative estimate of drug-likeness (QED) is 0.839. The minimum atomic E-state index is -0.269. The van der Waals surface area contributed by atoms with Gasteiger partial charge in [-0.1, -0.05) is 24.3 Å². The van der Waals surface area contributed by atoms with Gasteiger partial charge in [-0.25, -0.2) is 0 Å². The summed E-state index contributed by atoms with van der Waals surface area (Å²) in [5, 5.41) is 11.8. The Kier molecular flexibility index (Phi) is 4.99. The summed E-state index contributed by atoms with van der Waals surface area (Å²) in [7, 11) is 0. The molecule has 1 aliphatic rings. The van der Waals surface area contributed by atoms with Crippen molar-refractivity contribution >= 4 is 11.6 Å². The molecule has 1 fully saturated rings. The predicted molar refractivity (Wildman–Crippen MR) is 85.6 cm³/mol. The third kappa shape index (κ3) is 3.98. The molecule has 2 rings (SSSR count). The molecule has 0 aromatic heterocycles. The van der Waals surface area contributed by atoms with E-state index >= 15 is 0 Å². The van der Waals surface area contributed by atoms with Crippen LogP contribution in [0.4, 0.5) is 0 Å². The zero-order valence-corrected chi connectivity index (χ0v) is 14.2. The molecule has 1 saturated heterocycles. The average molecular weight is 312 g/mol. The summed E-state index contributed by atoms with van der Waals surface area (Å²) in [5.74, 6) is 0.540. The minimum Gasteiger partial charge on any atom is -0.373 e. The largest absolute Gasteiger partial charge is 0.373 e. The number of hydrogen-bond donors (Lipinski definition) is 1. The van der Waals surface area contributed by atoms with Gasteiger partial charge < -0.3 is 9.94 Å². The van der Waals surface area contributed by atoms with Gasteiger partial charge in [0, 0.05) is 17.0 Å². The zero-order chi connectivity index (χ0) is 15.7. The van der Waals surface area contributed by atoms with Crippen LogP contribution in [0.15, 0.2) is 24.3 Å². The van der Waals surface area contributed by atoms with E-state index in [-0.39, 0.29) is 17.2 Å². The van der Waals surface area contributed by atoms with Gasteiger partial charge in [0.1, 0.15) is 0 Å². The Morgan fingerprint density at radius 2 is 1.57 bits per heavy atom. The molecular weight excluding hydrogens is 286 g/mol. The first kappa shape index (κ1) is 16.8. The van der Waals surface area contributed by atoms with Crippen molar-refractivity contribution in [2.45, 2.75) is 70.2 Å². The number of halogens is 1. The van der Waals surface area contributed by atoms with Crippen molar-refractivity contribution in [2.75, 3.05) is 0 Å². The average Bonchev–Trinajstić information content (AvgIpc) is 2.42. The minimum absolute atomic E-state index is 0.158. The topological polar surface area (TPSA) is 32.7 Å². The maximum Gasteiger partial charge on any atom is 0.0720 e. The molecule has 118 valence electrons. The molecule has 0 spiro atoms. The molecule has 1 aliphatic heterocycles. The van der Waals surface area contributed by atoms with Crippen LogP contribution in [0.5, 0.6) is 0 Å². The Bertz CT molecular complexity index is 452. The Balaban J connectivity index is 1.96. The summed E-state index contributed by atoms with van der Waals surface area (Å²) in [6.45, 7) is 8.82. The first-order valence-corrected chi connectivity index (χ1v) is 8.03. The van der Waals surface area contributed by atoms with Crippen molar-refractivity contribution < 1.29 is 9.94 Å². The van der Waals surface area contributed by atoms with Crippen LogP contribution >= 0.6 is 11.6 Å². The third-order valence-electron chi connectivity index (χ3n) is 4.26. The summed E-state index contributed by atoms with van der Waals surface area (Å²) in [6, 6.07) is 8.20. The zero-order valence-electron chi connectivity index (χ0n) is 13.4. The highest BCUT2D eigenvalue weighted by Gasteiger charge is 2.45. The van der Waals surface area contributed by atoms with Crippen LogP contribution in [-0.4, -0.2) is 27.5 Å². The fourth-order valence-corrected chi connectivity index (χ4v) is 3.41. The van der Waals surface area contributed by atoms with Crippen molar-refractivity contribution in [3.05, 3.63) is 35.4 Å². The molecule has 4 heteroatoms. The van der Waals surface area contributed by atoms with E-state index in [1.54, 1.807) is 0 Å². The number of hydrogen-bond acceptors (Lipinski definition) is 3. The standard InChI is InChI=1S/C17H26ClNO2/c1-16(2)9-15(10-17(3,4)19(16)20)21-12-14-7-5-13(11-18)6-8-14/h5-8,15,20H,9-12H2,1-4H3. The lowest BCUT2D eigenvalue weighted by Crippen LogP contribution is -2.60. The number of hydroxylamine groups is 2. The molecule has 1 heterocycles. The second-order valence-corrected chi connectivity index (χ2v) is 7.50. The molecule has 0 radical (unpaired) electrons. The van der Waals surface area contributed by atoms with E-state index in [1.807, 2.05) is 12.1 Å². The van der Waals surface area contributed by atoms with Gasteiger partial charge in [0.05, 0.1) is 12.7 Å². The van der Waals surface area contributed by atoms with Crippen LogP contribution in [0, 0.1) is 0 Å². The number of benzene rings is 1. The molecule has 0 unspecified atom stereocenters. The van der Waals surface area contributed by atoms with Crippen molar-refractivity contribution in [1.82, 2.24) is 5.06 Å². The van der Waals surface area contributed by atoms with Crippen molar-refractivity contribution in [1.29, 1.82) is 0 Å². The van der Waals surface area contributed by atoms with Gasteiger partial charge in [-0.3, -0.25) is 0 Å². The second kappa shape index (κ2) is 6.25. The van der Waals surface area contributed by atoms with Gasteiger partial charge in [0.2, 0.25) is 0 Å². The molecule has 1 aromatic rings. The van der Waals surface area contributed by atoms with Gasteiger partial charge in [-0.15, -0.1) is 11.6 Å². The molecule has 1 N–H and O–H groups in total. The van der Waals surface area contributed by atoms with Gasteiger partial charge in [-0.05, 0) is 51.7 Å². The molecule has 1 aromatic carbocycles. The number of ether oxygens (including phenoxy) is 1. The molecular formula is C17H26ClNO2. The van der Waals surface area contributed by atoms with Crippen LogP contribution in [-0.2, 0) is 17.2 Å². The van der Waals surface area contributed by atoms with Crippen molar-refractivity contribution in [2.24, 2.45) is 0 Å². The van der Waals surface area contributed by atoms with Gasteiger partial charge in [-0.2, -0.15) is 5.06 Å². The molecule has 0 amide bonds. The maximum atomic E-state index is 10.3. The summed E-state index contributed by atoms with van der Waals surface area (Å²) in [5.41, 5.74) is 1.74. The highest BCUT2D eigenvalue weighted by atomic mass is 35.5. The Hall–Kier alpha value is -0.610. The maximum absolute atomic E-state index is 10.3. The normalized spacial score (nSPS) is 22.4. The molecule has 3 nitrogen and oxygen atoms in total. The van der Waals surface area contributed by atoms with Gasteiger partial charge >= 0.3 is 0 Å². The van der Waals surface area contributed by atoms with Crippen LogP contribution in [0.1, 0.15) is 51.7 Å². The number of piperidine rings is 1. The Morgan fingerprint density at radius 3 is 2.05 bits per heavy atom.